The predicted octanol–water partition coefficient (Wildman–Crippen LogP) is 5.89. The lowest BCUT2D eigenvalue weighted by Gasteiger charge is -2.37. The number of hydrogen-bond donors (Lipinski definition) is 0. The van der Waals surface area contributed by atoms with E-state index in [9.17, 15) is 4.79 Å². The lowest BCUT2D eigenvalue weighted by Crippen LogP contribution is -2.46. The molecule has 1 aromatic heterocycles. The molecule has 7 nitrogen and oxygen atoms in total. The number of likely N-dealkylation sites (tertiary alicyclic amines) is 1. The van der Waals surface area contributed by atoms with E-state index in [1.54, 1.807) is 16.2 Å². The fourth-order valence-corrected chi connectivity index (χ4v) is 6.13. The van der Waals surface area contributed by atoms with Gasteiger partial charge in [0.05, 0.1) is 12.2 Å². The number of nitrogens with zero attached hydrogens (tertiary/aromatic N) is 3. The zero-order valence-corrected chi connectivity index (χ0v) is 21.6. The highest BCUT2D eigenvalue weighted by molar-refractivity contribution is 7.15. The molecule has 0 aliphatic carbocycles. The Bertz CT molecular complexity index is 1400. The second kappa shape index (κ2) is 11.5. The van der Waals surface area contributed by atoms with Crippen LogP contribution in [-0.4, -0.2) is 47.4 Å². The van der Waals surface area contributed by atoms with Crippen molar-refractivity contribution in [1.29, 1.82) is 0 Å². The number of benzene rings is 3. The molecule has 3 aromatic carbocycles. The minimum Gasteiger partial charge on any atom is -0.441 e. The number of piperidine rings is 1. The van der Waals surface area contributed by atoms with Crippen molar-refractivity contribution < 1.29 is 19.1 Å². The van der Waals surface area contributed by atoms with Crippen LogP contribution < -0.4 is 4.90 Å². The van der Waals surface area contributed by atoms with E-state index in [1.165, 1.54) is 4.88 Å². The van der Waals surface area contributed by atoms with Gasteiger partial charge in [-0.25, -0.2) is 9.78 Å². The Morgan fingerprint density at radius 2 is 1.39 bits per heavy atom. The summed E-state index contributed by atoms with van der Waals surface area (Å²) >= 11 is 1.78. The molecule has 4 aromatic rings. The van der Waals surface area contributed by atoms with Crippen LogP contribution in [0.25, 0.3) is 21.8 Å². The average molecular weight is 526 g/mol. The Labute approximate surface area is 225 Å². The number of carbonyl (C=O) groups is 1. The Kier molecular flexibility index (Phi) is 7.75. The minimum absolute atomic E-state index is 0.231. The smallest absolute Gasteiger partial charge is 0.415 e. The SMILES string of the molecule is O=C1OC2(CCN(Cc3sc(-c4ccccc4)nc3-c3ccccc3)CC2)CN1c1ccccc1.O=C=O. The van der Waals surface area contributed by atoms with Crippen LogP contribution in [0.2, 0.25) is 0 Å². The van der Waals surface area contributed by atoms with Gasteiger partial charge in [0.25, 0.3) is 0 Å². The lowest BCUT2D eigenvalue weighted by atomic mass is 9.91. The molecule has 192 valence electrons. The third-order valence-electron chi connectivity index (χ3n) is 6.94. The molecule has 2 aliphatic heterocycles. The minimum atomic E-state index is -0.394. The van der Waals surface area contributed by atoms with Crippen molar-refractivity contribution in [3.8, 4) is 21.8 Å². The van der Waals surface area contributed by atoms with Gasteiger partial charge in [0, 0.05) is 54.2 Å². The molecule has 0 bridgehead atoms. The number of amides is 1. The van der Waals surface area contributed by atoms with Crippen molar-refractivity contribution in [2.75, 3.05) is 24.5 Å². The zero-order chi connectivity index (χ0) is 26.4. The second-order valence-electron chi connectivity index (χ2n) is 9.36. The van der Waals surface area contributed by atoms with Crippen LogP contribution in [0.3, 0.4) is 0 Å². The first-order valence-electron chi connectivity index (χ1n) is 12.5. The quantitative estimate of drug-likeness (QED) is 0.324. The standard InChI is InChI=1S/C29H27N3O2S.CO2/c33-28-32(24-14-8-3-9-15-24)21-29(34-28)16-18-31(19-17-29)20-25-26(22-10-4-1-5-11-22)30-27(35-25)23-12-6-2-7-13-23;2-1-3/h1-15H,16-21H2;. The Balaban J connectivity index is 0.000000937. The molecule has 1 spiro atoms. The van der Waals surface area contributed by atoms with E-state index >= 15 is 0 Å². The maximum Gasteiger partial charge on any atom is 0.415 e. The number of ether oxygens (including phenoxy) is 1. The fraction of sp³-hybridized carbons (Fsp3) is 0.233. The molecule has 0 unspecified atom stereocenters. The molecule has 38 heavy (non-hydrogen) atoms. The van der Waals surface area contributed by atoms with Gasteiger partial charge in [0.1, 0.15) is 10.6 Å². The Hall–Kier alpha value is -4.10. The summed E-state index contributed by atoms with van der Waals surface area (Å²) in [5.74, 6) is 0. The summed E-state index contributed by atoms with van der Waals surface area (Å²) in [6, 6.07) is 30.7. The van der Waals surface area contributed by atoms with E-state index in [0.29, 0.717) is 6.54 Å². The van der Waals surface area contributed by atoms with Gasteiger partial charge in [-0.2, -0.15) is 9.59 Å². The van der Waals surface area contributed by atoms with E-state index in [1.807, 2.05) is 42.5 Å². The number of para-hydroxylation sites is 1. The lowest BCUT2D eigenvalue weighted by molar-refractivity contribution is -0.191. The van der Waals surface area contributed by atoms with Gasteiger partial charge in [-0.1, -0.05) is 78.9 Å². The molecule has 6 rings (SSSR count). The van der Waals surface area contributed by atoms with Crippen LogP contribution in [0.4, 0.5) is 10.5 Å². The first-order chi connectivity index (χ1) is 18.6. The maximum absolute atomic E-state index is 12.6. The van der Waals surface area contributed by atoms with Gasteiger partial charge in [-0.3, -0.25) is 9.80 Å². The van der Waals surface area contributed by atoms with E-state index in [2.05, 4.69) is 53.4 Å². The van der Waals surface area contributed by atoms with E-state index in [-0.39, 0.29) is 12.2 Å². The molecule has 0 radical (unpaired) electrons. The number of rotatable bonds is 5. The van der Waals surface area contributed by atoms with Crippen molar-refractivity contribution >= 4 is 29.3 Å². The summed E-state index contributed by atoms with van der Waals surface area (Å²) in [4.78, 5) is 39.5. The van der Waals surface area contributed by atoms with Crippen LogP contribution >= 0.6 is 11.3 Å². The monoisotopic (exact) mass is 525 g/mol. The highest BCUT2D eigenvalue weighted by Gasteiger charge is 2.47. The number of aromatic nitrogens is 1. The first-order valence-corrected chi connectivity index (χ1v) is 13.3. The zero-order valence-electron chi connectivity index (χ0n) is 20.8. The molecular formula is C30H27N3O4S. The van der Waals surface area contributed by atoms with Gasteiger partial charge in [0.2, 0.25) is 0 Å². The predicted molar refractivity (Wildman–Crippen MR) is 146 cm³/mol. The molecule has 2 aliphatic rings. The van der Waals surface area contributed by atoms with E-state index < -0.39 is 5.60 Å². The van der Waals surface area contributed by atoms with Crippen LogP contribution in [-0.2, 0) is 20.9 Å². The number of hydrogen-bond acceptors (Lipinski definition) is 7. The molecule has 1 amide bonds. The van der Waals surface area contributed by atoms with Crippen molar-refractivity contribution in [2.45, 2.75) is 25.0 Å². The summed E-state index contributed by atoms with van der Waals surface area (Å²) in [6.45, 7) is 3.25. The van der Waals surface area contributed by atoms with Crippen molar-refractivity contribution in [1.82, 2.24) is 9.88 Å². The summed E-state index contributed by atoms with van der Waals surface area (Å²) in [7, 11) is 0. The van der Waals surface area contributed by atoms with E-state index in [0.717, 1.165) is 60.0 Å². The van der Waals surface area contributed by atoms with E-state index in [4.69, 9.17) is 19.3 Å². The third-order valence-corrected chi connectivity index (χ3v) is 8.03. The second-order valence-corrected chi connectivity index (χ2v) is 10.4. The highest BCUT2D eigenvalue weighted by Crippen LogP contribution is 2.38. The van der Waals surface area contributed by atoms with Crippen molar-refractivity contribution in [2.24, 2.45) is 0 Å². The van der Waals surface area contributed by atoms with Crippen LogP contribution in [0, 0.1) is 0 Å². The maximum atomic E-state index is 12.6. The number of carbonyl (C=O) groups excluding carboxylic acids is 3. The summed E-state index contributed by atoms with van der Waals surface area (Å²) < 4.78 is 5.96. The number of thiazole rings is 1. The first kappa shape index (κ1) is 25.5. The molecular weight excluding hydrogens is 498 g/mol. The molecule has 0 N–H and O–H groups in total. The Morgan fingerprint density at radius 1 is 0.842 bits per heavy atom. The van der Waals surface area contributed by atoms with Gasteiger partial charge in [-0.05, 0) is 12.1 Å². The average Bonchev–Trinajstić information content (AvgIpc) is 3.53. The molecule has 2 fully saturated rings. The summed E-state index contributed by atoms with van der Waals surface area (Å²) in [5, 5.41) is 1.05. The summed E-state index contributed by atoms with van der Waals surface area (Å²) in [5.41, 5.74) is 3.88. The van der Waals surface area contributed by atoms with Gasteiger partial charge >= 0.3 is 12.2 Å². The van der Waals surface area contributed by atoms with Gasteiger partial charge in [-0.15, -0.1) is 11.3 Å². The fourth-order valence-electron chi connectivity index (χ4n) is 5.00. The normalized spacial score (nSPS) is 16.4. The highest BCUT2D eigenvalue weighted by atomic mass is 32.1. The molecule has 0 saturated carbocycles. The van der Waals surface area contributed by atoms with Crippen LogP contribution in [0.15, 0.2) is 91.0 Å². The van der Waals surface area contributed by atoms with Crippen molar-refractivity contribution in [3.63, 3.8) is 0 Å². The Morgan fingerprint density at radius 3 is 2.00 bits per heavy atom. The third kappa shape index (κ3) is 5.58. The molecule has 0 atom stereocenters. The topological polar surface area (TPSA) is 79.8 Å². The number of anilines is 1. The van der Waals surface area contributed by atoms with Crippen LogP contribution in [0.5, 0.6) is 0 Å². The van der Waals surface area contributed by atoms with Gasteiger partial charge in [0.15, 0.2) is 0 Å². The molecule has 3 heterocycles. The molecule has 8 heteroatoms. The summed E-state index contributed by atoms with van der Waals surface area (Å²) in [6.07, 6.45) is 1.70. The molecule has 2 saturated heterocycles. The van der Waals surface area contributed by atoms with Crippen molar-refractivity contribution in [3.05, 3.63) is 95.9 Å². The largest absolute Gasteiger partial charge is 0.441 e. The van der Waals surface area contributed by atoms with Crippen LogP contribution in [0.1, 0.15) is 17.7 Å². The van der Waals surface area contributed by atoms with Gasteiger partial charge < -0.3 is 4.74 Å².